The van der Waals surface area contributed by atoms with Gasteiger partial charge in [0.2, 0.25) is 0 Å². The molecule has 2 aromatic heterocycles. The SMILES string of the molecule is CCC(=O)Cc1ccc(C(C)CNc2cc(-c3ccc(C)nc3)ncn2)c(OC)c1. The Morgan fingerprint density at radius 1 is 1.13 bits per heavy atom. The van der Waals surface area contributed by atoms with Gasteiger partial charge in [0.25, 0.3) is 0 Å². The summed E-state index contributed by atoms with van der Waals surface area (Å²) in [6.45, 7) is 6.66. The molecule has 0 aliphatic carbocycles. The van der Waals surface area contributed by atoms with Crippen LogP contribution in [0.5, 0.6) is 5.75 Å². The maximum Gasteiger partial charge on any atom is 0.136 e. The third-order valence-electron chi connectivity index (χ3n) is 5.09. The van der Waals surface area contributed by atoms with Crippen molar-refractivity contribution in [2.75, 3.05) is 19.0 Å². The fourth-order valence-electron chi connectivity index (χ4n) is 3.22. The Morgan fingerprint density at radius 2 is 1.97 bits per heavy atom. The van der Waals surface area contributed by atoms with Crippen LogP contribution in [0.2, 0.25) is 0 Å². The highest BCUT2D eigenvalue weighted by Crippen LogP contribution is 2.28. The predicted molar refractivity (Wildman–Crippen MR) is 119 cm³/mol. The zero-order valence-corrected chi connectivity index (χ0v) is 18.0. The lowest BCUT2D eigenvalue weighted by Gasteiger charge is -2.18. The second-order valence-corrected chi connectivity index (χ2v) is 7.40. The van der Waals surface area contributed by atoms with E-state index in [-0.39, 0.29) is 11.7 Å². The van der Waals surface area contributed by atoms with Gasteiger partial charge >= 0.3 is 0 Å². The second-order valence-electron chi connectivity index (χ2n) is 7.40. The van der Waals surface area contributed by atoms with Gasteiger partial charge < -0.3 is 10.1 Å². The standard InChI is InChI=1S/C24H28N4O2/c1-5-20(29)10-18-7-9-21(23(11-18)30-4)16(2)13-26-24-12-22(27-15-28-24)19-8-6-17(3)25-14-19/h6-9,11-12,14-16H,5,10,13H2,1-4H3,(H,26,27,28). The first-order chi connectivity index (χ1) is 14.5. The average Bonchev–Trinajstić information content (AvgIpc) is 2.78. The van der Waals surface area contributed by atoms with E-state index in [1.54, 1.807) is 13.4 Å². The normalized spacial score (nSPS) is 11.7. The smallest absolute Gasteiger partial charge is 0.136 e. The summed E-state index contributed by atoms with van der Waals surface area (Å²) in [6.07, 6.45) is 4.36. The number of carbonyl (C=O) groups is 1. The van der Waals surface area contributed by atoms with Crippen molar-refractivity contribution >= 4 is 11.6 Å². The maximum atomic E-state index is 11.7. The quantitative estimate of drug-likeness (QED) is 0.562. The molecule has 1 unspecified atom stereocenters. The molecule has 156 valence electrons. The Balaban J connectivity index is 1.69. The summed E-state index contributed by atoms with van der Waals surface area (Å²) in [5, 5.41) is 3.39. The number of anilines is 1. The number of aryl methyl sites for hydroxylation is 1. The molecule has 2 heterocycles. The zero-order valence-electron chi connectivity index (χ0n) is 18.0. The van der Waals surface area contributed by atoms with Crippen LogP contribution in [0.15, 0.2) is 48.9 Å². The monoisotopic (exact) mass is 404 g/mol. The van der Waals surface area contributed by atoms with Gasteiger partial charge in [0, 0.05) is 48.8 Å². The highest BCUT2D eigenvalue weighted by molar-refractivity contribution is 5.80. The summed E-state index contributed by atoms with van der Waals surface area (Å²) in [6, 6.07) is 11.9. The number of Topliss-reactive ketones (excluding diaryl/α,β-unsaturated/α-hetero) is 1. The average molecular weight is 405 g/mol. The summed E-state index contributed by atoms with van der Waals surface area (Å²) in [5.74, 6) is 1.98. The molecule has 1 N–H and O–H groups in total. The van der Waals surface area contributed by atoms with Crippen molar-refractivity contribution in [1.82, 2.24) is 15.0 Å². The van der Waals surface area contributed by atoms with Gasteiger partial charge in [0.1, 0.15) is 23.7 Å². The Morgan fingerprint density at radius 3 is 2.67 bits per heavy atom. The number of carbonyl (C=O) groups excluding carboxylic acids is 1. The molecule has 30 heavy (non-hydrogen) atoms. The van der Waals surface area contributed by atoms with Crippen molar-refractivity contribution in [3.63, 3.8) is 0 Å². The van der Waals surface area contributed by atoms with Crippen molar-refractivity contribution < 1.29 is 9.53 Å². The predicted octanol–water partition coefficient (Wildman–Crippen LogP) is 4.59. The molecule has 0 radical (unpaired) electrons. The van der Waals surface area contributed by atoms with Crippen molar-refractivity contribution in [1.29, 1.82) is 0 Å². The maximum absolute atomic E-state index is 11.7. The molecule has 0 saturated heterocycles. The second kappa shape index (κ2) is 9.96. The molecule has 0 fully saturated rings. The topological polar surface area (TPSA) is 77.0 Å². The van der Waals surface area contributed by atoms with E-state index in [0.29, 0.717) is 19.4 Å². The van der Waals surface area contributed by atoms with Gasteiger partial charge in [0.05, 0.1) is 12.8 Å². The van der Waals surface area contributed by atoms with E-state index < -0.39 is 0 Å². The summed E-state index contributed by atoms with van der Waals surface area (Å²) in [4.78, 5) is 24.8. The third kappa shape index (κ3) is 5.41. The van der Waals surface area contributed by atoms with E-state index in [2.05, 4.69) is 27.2 Å². The first kappa shape index (κ1) is 21.4. The van der Waals surface area contributed by atoms with Crippen molar-refractivity contribution in [3.8, 4) is 17.0 Å². The van der Waals surface area contributed by atoms with E-state index in [9.17, 15) is 4.79 Å². The summed E-state index contributed by atoms with van der Waals surface area (Å²) < 4.78 is 5.59. The number of pyridine rings is 1. The number of nitrogens with zero attached hydrogens (tertiary/aromatic N) is 3. The van der Waals surface area contributed by atoms with Crippen LogP contribution in [-0.2, 0) is 11.2 Å². The number of hydrogen-bond donors (Lipinski definition) is 1. The summed E-state index contributed by atoms with van der Waals surface area (Å²) in [7, 11) is 1.66. The lowest BCUT2D eigenvalue weighted by molar-refractivity contribution is -0.118. The lowest BCUT2D eigenvalue weighted by atomic mass is 9.96. The van der Waals surface area contributed by atoms with Crippen molar-refractivity contribution in [2.24, 2.45) is 0 Å². The molecule has 3 aromatic rings. The third-order valence-corrected chi connectivity index (χ3v) is 5.09. The van der Waals surface area contributed by atoms with E-state index in [0.717, 1.165) is 39.6 Å². The van der Waals surface area contributed by atoms with Crippen molar-refractivity contribution in [2.45, 2.75) is 39.5 Å². The molecule has 0 bridgehead atoms. The number of methoxy groups -OCH3 is 1. The van der Waals surface area contributed by atoms with E-state index in [1.165, 1.54) is 0 Å². The van der Waals surface area contributed by atoms with E-state index in [4.69, 9.17) is 4.74 Å². The number of nitrogens with one attached hydrogen (secondary N) is 1. The van der Waals surface area contributed by atoms with Crippen LogP contribution in [0.1, 0.15) is 43.0 Å². The molecule has 0 aliphatic rings. The summed E-state index contributed by atoms with van der Waals surface area (Å²) >= 11 is 0. The minimum Gasteiger partial charge on any atom is -0.496 e. The lowest BCUT2D eigenvalue weighted by Crippen LogP contribution is -2.12. The van der Waals surface area contributed by atoms with E-state index >= 15 is 0 Å². The first-order valence-corrected chi connectivity index (χ1v) is 10.2. The molecule has 0 spiro atoms. The molecular weight excluding hydrogens is 376 g/mol. The van der Waals surface area contributed by atoms with Crippen LogP contribution in [0.4, 0.5) is 5.82 Å². The number of benzene rings is 1. The number of hydrogen-bond acceptors (Lipinski definition) is 6. The summed E-state index contributed by atoms with van der Waals surface area (Å²) in [5.41, 5.74) is 4.83. The van der Waals surface area contributed by atoms with Gasteiger partial charge in [-0.1, -0.05) is 26.0 Å². The molecule has 6 heteroatoms. The highest BCUT2D eigenvalue weighted by atomic mass is 16.5. The molecule has 6 nitrogen and oxygen atoms in total. The van der Waals surface area contributed by atoms with Crippen molar-refractivity contribution in [3.05, 3.63) is 65.7 Å². The van der Waals surface area contributed by atoms with Crippen LogP contribution in [0, 0.1) is 6.92 Å². The van der Waals surface area contributed by atoms with E-state index in [1.807, 2.05) is 56.4 Å². The molecular formula is C24H28N4O2. The number of ketones is 1. The van der Waals surface area contributed by atoms with Crippen LogP contribution in [0.25, 0.3) is 11.3 Å². The number of aromatic nitrogens is 3. The first-order valence-electron chi connectivity index (χ1n) is 10.2. The molecule has 0 aliphatic heterocycles. The van der Waals surface area contributed by atoms with Gasteiger partial charge in [-0.3, -0.25) is 9.78 Å². The van der Waals surface area contributed by atoms with Crippen LogP contribution in [-0.4, -0.2) is 34.4 Å². The zero-order chi connectivity index (χ0) is 21.5. The van der Waals surface area contributed by atoms with Crippen LogP contribution in [0.3, 0.4) is 0 Å². The molecule has 0 amide bonds. The van der Waals surface area contributed by atoms with Gasteiger partial charge in [0.15, 0.2) is 0 Å². The highest BCUT2D eigenvalue weighted by Gasteiger charge is 2.14. The minimum absolute atomic E-state index is 0.190. The Hall–Kier alpha value is -3.28. The molecule has 1 atom stereocenters. The van der Waals surface area contributed by atoms with Gasteiger partial charge in [-0.15, -0.1) is 0 Å². The minimum atomic E-state index is 0.190. The Kier molecular flexibility index (Phi) is 7.12. The fourth-order valence-corrected chi connectivity index (χ4v) is 3.22. The number of ether oxygens (including phenoxy) is 1. The fraction of sp³-hybridized carbons (Fsp3) is 0.333. The molecule has 1 aromatic carbocycles. The Labute approximate surface area is 177 Å². The van der Waals surface area contributed by atoms with Gasteiger partial charge in [-0.25, -0.2) is 9.97 Å². The number of rotatable bonds is 9. The Bertz CT molecular complexity index is 1000. The van der Waals surface area contributed by atoms with Gasteiger partial charge in [-0.2, -0.15) is 0 Å². The largest absolute Gasteiger partial charge is 0.496 e. The van der Waals surface area contributed by atoms with Gasteiger partial charge in [-0.05, 0) is 36.2 Å². The van der Waals surface area contributed by atoms with Crippen LogP contribution < -0.4 is 10.1 Å². The molecule has 3 rings (SSSR count). The molecule has 0 saturated carbocycles. The van der Waals surface area contributed by atoms with Crippen LogP contribution >= 0.6 is 0 Å².